The van der Waals surface area contributed by atoms with Gasteiger partial charge < -0.3 is 15.8 Å². The molecular weight excluding hydrogens is 403 g/mol. The average molecular weight is 422 g/mol. The first kappa shape index (κ1) is 20.4. The third kappa shape index (κ3) is 3.29. The maximum absolute atomic E-state index is 15.0. The fraction of sp³-hybridized carbons (Fsp3) is 0.286. The molecule has 0 spiro atoms. The minimum atomic E-state index is -1.33. The molecule has 2 aliphatic rings. The van der Waals surface area contributed by atoms with E-state index in [-0.39, 0.29) is 29.7 Å². The van der Waals surface area contributed by atoms with Gasteiger partial charge in [0.25, 0.3) is 5.91 Å². The summed E-state index contributed by atoms with van der Waals surface area (Å²) in [6.45, 7) is 1.71. The highest BCUT2D eigenvalue weighted by Crippen LogP contribution is 2.47. The molecule has 0 aliphatic carbocycles. The Hall–Kier alpha value is -3.84. The Morgan fingerprint density at radius 2 is 2.19 bits per heavy atom. The average Bonchev–Trinajstić information content (AvgIpc) is 3.10. The molecule has 3 heterocycles. The Morgan fingerprint density at radius 3 is 2.87 bits per heavy atom. The van der Waals surface area contributed by atoms with E-state index >= 15 is 0 Å². The van der Waals surface area contributed by atoms with Crippen LogP contribution in [0.15, 0.2) is 41.5 Å². The number of nitrogens with one attached hydrogen (secondary N) is 1. The number of hydrogen-bond acceptors (Lipinski definition) is 7. The van der Waals surface area contributed by atoms with E-state index in [0.717, 1.165) is 0 Å². The Morgan fingerprint density at radius 1 is 1.42 bits per heavy atom. The SMILES string of the molecule is CC1OCC2(c3cc(NC(=O)c4ccc(C#N)cn4)ccc3F)N=C(N)N(C)C(=O)C12. The summed E-state index contributed by atoms with van der Waals surface area (Å²) in [5.74, 6) is -2.23. The van der Waals surface area contributed by atoms with Crippen molar-refractivity contribution in [3.63, 3.8) is 0 Å². The Bertz CT molecular complexity index is 1140. The fourth-order valence-electron chi connectivity index (χ4n) is 3.97. The van der Waals surface area contributed by atoms with Crippen LogP contribution < -0.4 is 11.1 Å². The van der Waals surface area contributed by atoms with Gasteiger partial charge in [-0.3, -0.25) is 14.5 Å². The molecule has 0 bridgehead atoms. The Labute approximate surface area is 177 Å². The van der Waals surface area contributed by atoms with Gasteiger partial charge in [-0.1, -0.05) is 0 Å². The standard InChI is InChI=1S/C21H19FN6O3/c1-11-17-19(30)28(2)20(24)27-21(17,10-31-11)14-7-13(4-5-15(14)22)26-18(29)16-6-3-12(8-23)9-25-16/h3-7,9,11,17H,10H2,1-2H3,(H2,24,27)(H,26,29). The number of ether oxygens (including phenoxy) is 1. The Kier molecular flexibility index (Phi) is 4.91. The van der Waals surface area contributed by atoms with Crippen LogP contribution in [0, 0.1) is 23.1 Å². The number of nitriles is 1. The van der Waals surface area contributed by atoms with Crippen LogP contribution in [0.5, 0.6) is 0 Å². The number of nitrogens with two attached hydrogens (primary N) is 1. The number of carbonyl (C=O) groups is 2. The predicted octanol–water partition coefficient (Wildman–Crippen LogP) is 1.36. The highest BCUT2D eigenvalue weighted by Gasteiger charge is 2.58. The minimum absolute atomic E-state index is 0.0232. The molecule has 1 fully saturated rings. The van der Waals surface area contributed by atoms with Crippen LogP contribution in [-0.2, 0) is 15.1 Å². The summed E-state index contributed by atoms with van der Waals surface area (Å²) < 4.78 is 20.7. The second-order valence-corrected chi connectivity index (χ2v) is 7.48. The molecule has 2 aliphatic heterocycles. The van der Waals surface area contributed by atoms with E-state index < -0.39 is 29.3 Å². The van der Waals surface area contributed by atoms with Crippen LogP contribution in [0.1, 0.15) is 28.5 Å². The van der Waals surface area contributed by atoms with E-state index in [9.17, 15) is 14.0 Å². The normalized spacial score (nSPS) is 24.9. The number of rotatable bonds is 3. The molecule has 2 aromatic rings. The van der Waals surface area contributed by atoms with Gasteiger partial charge in [-0.25, -0.2) is 14.4 Å². The lowest BCUT2D eigenvalue weighted by Gasteiger charge is -2.38. The summed E-state index contributed by atoms with van der Waals surface area (Å²) >= 11 is 0. The molecule has 31 heavy (non-hydrogen) atoms. The minimum Gasteiger partial charge on any atom is -0.375 e. The molecule has 3 unspecified atom stereocenters. The van der Waals surface area contributed by atoms with Crippen LogP contribution in [0.25, 0.3) is 0 Å². The number of pyridine rings is 1. The molecule has 3 atom stereocenters. The predicted molar refractivity (Wildman–Crippen MR) is 108 cm³/mol. The molecule has 10 heteroatoms. The van der Waals surface area contributed by atoms with Gasteiger partial charge in [-0.05, 0) is 37.3 Å². The number of aromatic nitrogens is 1. The zero-order valence-electron chi connectivity index (χ0n) is 16.8. The summed E-state index contributed by atoms with van der Waals surface area (Å²) in [6, 6.07) is 8.84. The number of fused-ring (bicyclic) bond motifs is 1. The number of anilines is 1. The molecule has 4 rings (SSSR count). The van der Waals surface area contributed by atoms with Crippen LogP contribution >= 0.6 is 0 Å². The van der Waals surface area contributed by atoms with Gasteiger partial charge in [0, 0.05) is 24.5 Å². The third-order valence-corrected chi connectivity index (χ3v) is 5.62. The number of nitrogens with zero attached hydrogens (tertiary/aromatic N) is 4. The maximum atomic E-state index is 15.0. The summed E-state index contributed by atoms with van der Waals surface area (Å²) in [5, 5.41) is 11.5. The second kappa shape index (κ2) is 7.45. The largest absolute Gasteiger partial charge is 0.375 e. The second-order valence-electron chi connectivity index (χ2n) is 7.48. The van der Waals surface area contributed by atoms with Gasteiger partial charge in [-0.15, -0.1) is 0 Å². The van der Waals surface area contributed by atoms with Crippen molar-refractivity contribution >= 4 is 23.5 Å². The molecule has 2 amide bonds. The van der Waals surface area contributed by atoms with Crippen molar-refractivity contribution in [2.75, 3.05) is 19.0 Å². The summed E-state index contributed by atoms with van der Waals surface area (Å²) in [6.07, 6.45) is 0.792. The van der Waals surface area contributed by atoms with E-state index in [1.807, 2.05) is 6.07 Å². The number of halogens is 1. The van der Waals surface area contributed by atoms with Crippen LogP contribution in [0.2, 0.25) is 0 Å². The molecule has 1 aromatic carbocycles. The van der Waals surface area contributed by atoms with Gasteiger partial charge in [0.05, 0.1) is 24.2 Å². The molecule has 3 N–H and O–H groups in total. The van der Waals surface area contributed by atoms with Gasteiger partial charge in [0.2, 0.25) is 5.91 Å². The molecule has 158 valence electrons. The molecule has 9 nitrogen and oxygen atoms in total. The van der Waals surface area contributed by atoms with Gasteiger partial charge in [0.1, 0.15) is 23.1 Å². The molecular formula is C21H19FN6O3. The van der Waals surface area contributed by atoms with E-state index in [1.165, 1.54) is 48.5 Å². The fourth-order valence-corrected chi connectivity index (χ4v) is 3.97. The number of carbonyl (C=O) groups excluding carboxylic acids is 2. The number of hydrogen-bond donors (Lipinski definition) is 2. The summed E-state index contributed by atoms with van der Waals surface area (Å²) in [5.41, 5.74) is 5.42. The summed E-state index contributed by atoms with van der Waals surface area (Å²) in [7, 11) is 1.51. The maximum Gasteiger partial charge on any atom is 0.274 e. The highest BCUT2D eigenvalue weighted by atomic mass is 19.1. The van der Waals surface area contributed by atoms with Gasteiger partial charge in [-0.2, -0.15) is 5.26 Å². The van der Waals surface area contributed by atoms with E-state index in [1.54, 1.807) is 6.92 Å². The quantitative estimate of drug-likeness (QED) is 0.767. The van der Waals surface area contributed by atoms with Crippen molar-refractivity contribution in [3.8, 4) is 6.07 Å². The number of benzene rings is 1. The Balaban J connectivity index is 1.71. The topological polar surface area (TPSA) is 134 Å². The lowest BCUT2D eigenvalue weighted by atomic mass is 9.76. The first-order valence-electron chi connectivity index (χ1n) is 9.49. The van der Waals surface area contributed by atoms with E-state index in [4.69, 9.17) is 15.7 Å². The van der Waals surface area contributed by atoms with Crippen molar-refractivity contribution in [1.82, 2.24) is 9.88 Å². The smallest absolute Gasteiger partial charge is 0.274 e. The van der Waals surface area contributed by atoms with Gasteiger partial charge >= 0.3 is 0 Å². The van der Waals surface area contributed by atoms with Gasteiger partial charge in [0.15, 0.2) is 5.96 Å². The van der Waals surface area contributed by atoms with Crippen molar-refractivity contribution in [3.05, 3.63) is 59.2 Å². The highest BCUT2D eigenvalue weighted by molar-refractivity contribution is 6.03. The van der Waals surface area contributed by atoms with Crippen LogP contribution in [0.3, 0.4) is 0 Å². The lowest BCUT2D eigenvalue weighted by Crippen LogP contribution is -2.55. The lowest BCUT2D eigenvalue weighted by molar-refractivity contribution is -0.134. The molecule has 1 saturated heterocycles. The monoisotopic (exact) mass is 422 g/mol. The van der Waals surface area contributed by atoms with Crippen molar-refractivity contribution < 1.29 is 18.7 Å². The number of guanidine groups is 1. The zero-order chi connectivity index (χ0) is 22.3. The zero-order valence-corrected chi connectivity index (χ0v) is 16.8. The van der Waals surface area contributed by atoms with E-state index in [0.29, 0.717) is 11.3 Å². The third-order valence-electron chi connectivity index (χ3n) is 5.62. The molecule has 1 aromatic heterocycles. The van der Waals surface area contributed by atoms with Crippen LogP contribution in [-0.4, -0.2) is 47.4 Å². The van der Waals surface area contributed by atoms with Crippen LogP contribution in [0.4, 0.5) is 10.1 Å². The van der Waals surface area contributed by atoms with Crippen molar-refractivity contribution in [1.29, 1.82) is 5.26 Å². The molecule has 0 radical (unpaired) electrons. The van der Waals surface area contributed by atoms with Crippen molar-refractivity contribution in [2.45, 2.75) is 18.6 Å². The van der Waals surface area contributed by atoms with Crippen molar-refractivity contribution in [2.24, 2.45) is 16.6 Å². The summed E-state index contributed by atoms with van der Waals surface area (Å²) in [4.78, 5) is 35.1. The number of amides is 2. The van der Waals surface area contributed by atoms with E-state index in [2.05, 4.69) is 15.3 Å². The number of aliphatic imine (C=N–C) groups is 1. The first-order valence-corrected chi connectivity index (χ1v) is 9.49. The molecule has 0 saturated carbocycles. The first-order chi connectivity index (χ1) is 14.8.